The average Bonchev–Trinajstić information content (AvgIpc) is 3.27. The zero-order chi connectivity index (χ0) is 20.4. The lowest BCUT2D eigenvalue weighted by Crippen LogP contribution is -2.42. The zero-order valence-electron chi connectivity index (χ0n) is 15.7. The second-order valence-electron chi connectivity index (χ2n) is 6.63. The number of carbonyl (C=O) groups excluding carboxylic acids is 3. The number of hydrogen-bond donors (Lipinski definition) is 1. The second kappa shape index (κ2) is 8.04. The van der Waals surface area contributed by atoms with Crippen LogP contribution in [0, 0.1) is 0 Å². The van der Waals surface area contributed by atoms with E-state index in [1.165, 1.54) is 0 Å². The number of pyridine rings is 1. The molecule has 0 fully saturated rings. The predicted octanol–water partition coefficient (Wildman–Crippen LogP) is 1.94. The summed E-state index contributed by atoms with van der Waals surface area (Å²) in [5, 5.41) is 11.3. The van der Waals surface area contributed by atoms with Gasteiger partial charge in [-0.3, -0.25) is 23.7 Å². The van der Waals surface area contributed by atoms with E-state index in [1.54, 1.807) is 36.0 Å². The molecule has 4 rings (SSSR count). The van der Waals surface area contributed by atoms with E-state index in [0.29, 0.717) is 29.0 Å². The Bertz CT molecular complexity index is 1060. The van der Waals surface area contributed by atoms with Crippen LogP contribution in [-0.4, -0.2) is 55.8 Å². The molecule has 0 radical (unpaired) electrons. The summed E-state index contributed by atoms with van der Waals surface area (Å²) in [5.41, 5.74) is 1.34. The van der Waals surface area contributed by atoms with Crippen molar-refractivity contribution < 1.29 is 14.4 Å². The minimum absolute atomic E-state index is 0.327. The Morgan fingerprint density at radius 3 is 2.45 bits per heavy atom. The van der Waals surface area contributed by atoms with Crippen molar-refractivity contribution in [3.63, 3.8) is 0 Å². The van der Waals surface area contributed by atoms with Crippen LogP contribution in [0.25, 0.3) is 5.65 Å². The van der Waals surface area contributed by atoms with Crippen molar-refractivity contribution in [1.82, 2.24) is 24.8 Å². The van der Waals surface area contributed by atoms with Crippen LogP contribution in [0.2, 0.25) is 0 Å². The smallest absolute Gasteiger partial charge is 0.262 e. The first-order valence-electron chi connectivity index (χ1n) is 9.13. The monoisotopic (exact) mass is 409 g/mol. The predicted molar refractivity (Wildman–Crippen MR) is 109 cm³/mol. The molecule has 2 aromatic heterocycles. The van der Waals surface area contributed by atoms with Crippen molar-refractivity contribution in [2.75, 3.05) is 18.6 Å². The van der Waals surface area contributed by atoms with Gasteiger partial charge >= 0.3 is 0 Å². The first-order valence-corrected chi connectivity index (χ1v) is 10.5. The second-order valence-corrected chi connectivity index (χ2v) is 7.62. The van der Waals surface area contributed by atoms with E-state index >= 15 is 0 Å². The van der Waals surface area contributed by atoms with E-state index in [4.69, 9.17) is 0 Å². The highest BCUT2D eigenvalue weighted by molar-refractivity contribution is 7.98. The molecule has 1 atom stereocenters. The van der Waals surface area contributed by atoms with Gasteiger partial charge in [0, 0.05) is 6.20 Å². The molecule has 3 heterocycles. The molecule has 0 saturated heterocycles. The van der Waals surface area contributed by atoms with Gasteiger partial charge < -0.3 is 5.32 Å². The summed E-state index contributed by atoms with van der Waals surface area (Å²) in [6, 6.07) is 11.8. The summed E-state index contributed by atoms with van der Waals surface area (Å²) in [6.07, 6.45) is 4.47. The molecule has 0 saturated carbocycles. The quantitative estimate of drug-likeness (QED) is 0.599. The first kappa shape index (κ1) is 19.1. The van der Waals surface area contributed by atoms with Crippen molar-refractivity contribution in [2.24, 2.45) is 0 Å². The number of amides is 3. The molecule has 3 amide bonds. The van der Waals surface area contributed by atoms with Crippen LogP contribution in [0.1, 0.15) is 39.0 Å². The van der Waals surface area contributed by atoms with E-state index in [1.807, 2.05) is 35.1 Å². The lowest BCUT2D eigenvalue weighted by molar-refractivity contribution is -0.122. The Labute approximate surface area is 171 Å². The molecule has 9 heteroatoms. The maximum Gasteiger partial charge on any atom is 0.262 e. The normalized spacial score (nSPS) is 14.3. The molecule has 0 aliphatic carbocycles. The minimum atomic E-state index is -0.450. The summed E-state index contributed by atoms with van der Waals surface area (Å²) < 4.78 is 1.83. The van der Waals surface area contributed by atoms with Crippen molar-refractivity contribution in [3.8, 4) is 0 Å². The number of fused-ring (bicyclic) bond motifs is 2. The van der Waals surface area contributed by atoms with Crippen LogP contribution in [-0.2, 0) is 4.79 Å². The summed E-state index contributed by atoms with van der Waals surface area (Å²) in [4.78, 5) is 38.7. The highest BCUT2D eigenvalue weighted by Gasteiger charge is 2.36. The van der Waals surface area contributed by atoms with E-state index in [0.717, 1.165) is 10.7 Å². The van der Waals surface area contributed by atoms with Gasteiger partial charge in [0.25, 0.3) is 11.8 Å². The number of imide groups is 1. The molecule has 1 aliphatic rings. The lowest BCUT2D eigenvalue weighted by atomic mass is 10.1. The van der Waals surface area contributed by atoms with Crippen molar-refractivity contribution in [2.45, 2.75) is 12.5 Å². The summed E-state index contributed by atoms with van der Waals surface area (Å²) in [5.74, 6) is 0.104. The van der Waals surface area contributed by atoms with Gasteiger partial charge in [-0.25, -0.2) is 0 Å². The van der Waals surface area contributed by atoms with Gasteiger partial charge in [-0.2, -0.15) is 11.8 Å². The Balaban J connectivity index is 1.52. The highest BCUT2D eigenvalue weighted by atomic mass is 32.2. The third-order valence-corrected chi connectivity index (χ3v) is 5.42. The van der Waals surface area contributed by atoms with Gasteiger partial charge in [-0.15, -0.1) is 10.2 Å². The number of carbonyl (C=O) groups is 3. The first-order chi connectivity index (χ1) is 14.1. The molecule has 3 aromatic rings. The van der Waals surface area contributed by atoms with Crippen LogP contribution in [0.5, 0.6) is 0 Å². The molecule has 0 bridgehead atoms. The zero-order valence-corrected chi connectivity index (χ0v) is 16.6. The van der Waals surface area contributed by atoms with E-state index < -0.39 is 17.7 Å². The fourth-order valence-electron chi connectivity index (χ4n) is 3.37. The van der Waals surface area contributed by atoms with Gasteiger partial charge in [-0.1, -0.05) is 18.2 Å². The van der Waals surface area contributed by atoms with Crippen molar-refractivity contribution in [3.05, 3.63) is 65.6 Å². The van der Waals surface area contributed by atoms with Crippen LogP contribution in [0.4, 0.5) is 0 Å². The maximum absolute atomic E-state index is 12.7. The maximum atomic E-state index is 12.7. The molecule has 1 N–H and O–H groups in total. The third kappa shape index (κ3) is 3.61. The number of benzene rings is 1. The molecule has 1 aliphatic heterocycles. The Kier molecular flexibility index (Phi) is 5.30. The molecule has 1 unspecified atom stereocenters. The fourth-order valence-corrected chi connectivity index (χ4v) is 3.84. The van der Waals surface area contributed by atoms with Crippen LogP contribution < -0.4 is 5.32 Å². The van der Waals surface area contributed by atoms with Crippen molar-refractivity contribution >= 4 is 35.1 Å². The van der Waals surface area contributed by atoms with E-state index in [-0.39, 0.29) is 12.6 Å². The van der Waals surface area contributed by atoms with Gasteiger partial charge in [0.05, 0.1) is 17.2 Å². The third-order valence-electron chi connectivity index (χ3n) is 4.78. The number of aromatic nitrogens is 3. The Morgan fingerprint density at radius 2 is 1.76 bits per heavy atom. The summed E-state index contributed by atoms with van der Waals surface area (Å²) >= 11 is 1.66. The number of hydrogen-bond acceptors (Lipinski definition) is 6. The van der Waals surface area contributed by atoms with Crippen molar-refractivity contribution in [1.29, 1.82) is 0 Å². The molecular formula is C20H19N5O3S. The fraction of sp³-hybridized carbons (Fsp3) is 0.250. The molecular weight excluding hydrogens is 390 g/mol. The Hall–Kier alpha value is -3.20. The molecule has 8 nitrogen and oxygen atoms in total. The largest absolute Gasteiger partial charge is 0.344 e. The lowest BCUT2D eigenvalue weighted by Gasteiger charge is -2.19. The topological polar surface area (TPSA) is 96.7 Å². The average molecular weight is 409 g/mol. The van der Waals surface area contributed by atoms with Crippen LogP contribution in [0.15, 0.2) is 48.7 Å². The Morgan fingerprint density at radius 1 is 1.07 bits per heavy atom. The number of nitrogens with zero attached hydrogens (tertiary/aromatic N) is 4. The van der Waals surface area contributed by atoms with E-state index in [2.05, 4.69) is 15.5 Å². The molecule has 0 spiro atoms. The molecule has 148 valence electrons. The van der Waals surface area contributed by atoms with Gasteiger partial charge in [0.2, 0.25) is 5.91 Å². The van der Waals surface area contributed by atoms with Crippen LogP contribution in [0.3, 0.4) is 0 Å². The minimum Gasteiger partial charge on any atom is -0.344 e. The summed E-state index contributed by atoms with van der Waals surface area (Å²) in [6.45, 7) is -0.334. The standard InChI is InChI=1S/C20H19N5O3S/c1-29-11-9-15(18-23-22-16-8-4-5-10-24(16)18)21-17(26)12-25-19(27)13-6-2-3-7-14(13)20(25)28/h2-8,10,15H,9,11-12H2,1H3,(H,21,26). The van der Waals surface area contributed by atoms with Crippen LogP contribution >= 0.6 is 11.8 Å². The number of nitrogens with one attached hydrogen (secondary N) is 1. The SMILES string of the molecule is CSCCC(NC(=O)CN1C(=O)c2ccccc2C1=O)c1nnc2ccccn12. The number of thioether (sulfide) groups is 1. The summed E-state index contributed by atoms with van der Waals surface area (Å²) in [7, 11) is 0. The highest BCUT2D eigenvalue weighted by Crippen LogP contribution is 2.23. The molecule has 1 aromatic carbocycles. The molecule has 29 heavy (non-hydrogen) atoms. The van der Waals surface area contributed by atoms with Gasteiger partial charge in [-0.05, 0) is 42.7 Å². The van der Waals surface area contributed by atoms with Gasteiger partial charge in [0.15, 0.2) is 11.5 Å². The van der Waals surface area contributed by atoms with Gasteiger partial charge in [0.1, 0.15) is 6.54 Å². The number of rotatable bonds is 7. The van der Waals surface area contributed by atoms with E-state index in [9.17, 15) is 14.4 Å².